The van der Waals surface area contributed by atoms with E-state index in [9.17, 15) is 23.1 Å². The van der Waals surface area contributed by atoms with Gasteiger partial charge in [-0.1, -0.05) is 12.0 Å². The number of aliphatic hydroxyl groups is 1. The average Bonchev–Trinajstić information content (AvgIpc) is 3.24. The van der Waals surface area contributed by atoms with Gasteiger partial charge in [-0.3, -0.25) is 4.79 Å². The van der Waals surface area contributed by atoms with Crippen molar-refractivity contribution in [1.29, 1.82) is 0 Å². The Labute approximate surface area is 247 Å². The van der Waals surface area contributed by atoms with Gasteiger partial charge in [0, 0.05) is 33.9 Å². The molecule has 0 bridgehead atoms. The monoisotopic (exact) mass is 581 g/mol. The van der Waals surface area contributed by atoms with Gasteiger partial charge in [-0.25, -0.2) is 0 Å². The summed E-state index contributed by atoms with van der Waals surface area (Å²) in [6.45, 7) is 2.38. The molecule has 1 atom stereocenters. The molecule has 2 aromatic carbocycles. The Morgan fingerprint density at radius 3 is 2.43 bits per heavy atom. The fourth-order valence-electron chi connectivity index (χ4n) is 4.90. The molecule has 4 rings (SSSR count). The summed E-state index contributed by atoms with van der Waals surface area (Å²) in [7, 11) is 11.6. The first-order valence-corrected chi connectivity index (χ1v) is 13.9. The maximum absolute atomic E-state index is 13.5. The van der Waals surface area contributed by atoms with Crippen LogP contribution in [0.25, 0.3) is 10.9 Å². The van der Waals surface area contributed by atoms with Crippen molar-refractivity contribution in [2.75, 3.05) is 51.4 Å². The predicted octanol–water partition coefficient (Wildman–Crippen LogP) is 4.24. The summed E-state index contributed by atoms with van der Waals surface area (Å²) in [6, 6.07) is 12.3. The van der Waals surface area contributed by atoms with Gasteiger partial charge in [-0.15, -0.1) is 0 Å². The average molecular weight is 581 g/mol. The van der Waals surface area contributed by atoms with Gasteiger partial charge in [0.2, 0.25) is 0 Å². The van der Waals surface area contributed by atoms with Crippen molar-refractivity contribution in [3.8, 4) is 11.8 Å². The van der Waals surface area contributed by atoms with Crippen molar-refractivity contribution < 1.29 is 23.1 Å². The zero-order valence-corrected chi connectivity index (χ0v) is 24.6. The molecular formula is C31H39BF3N5O2. The second kappa shape index (κ2) is 14.6. The SMILES string of the molecule is CNC.[B]C(C)(O)Cc1cc(C=O)ccc1NCC#Cc1cc2c(NC3CCN(C)CC3)cccc2n1CC(F)(F)F. The minimum atomic E-state index is -4.41. The highest BCUT2D eigenvalue weighted by atomic mass is 19.4. The van der Waals surface area contributed by atoms with Crippen LogP contribution in [0.4, 0.5) is 24.5 Å². The van der Waals surface area contributed by atoms with E-state index >= 15 is 0 Å². The van der Waals surface area contributed by atoms with E-state index in [1.807, 2.05) is 20.2 Å². The van der Waals surface area contributed by atoms with Gasteiger partial charge in [0.15, 0.2) is 0 Å². The van der Waals surface area contributed by atoms with Crippen molar-refractivity contribution in [1.82, 2.24) is 14.8 Å². The van der Waals surface area contributed by atoms with E-state index < -0.39 is 18.2 Å². The Morgan fingerprint density at radius 1 is 1.12 bits per heavy atom. The standard InChI is InChI=1S/C29H32BF3N4O2.C2H7N/c1-28(30,39)17-21-15-20(18-38)8-9-25(21)34-12-4-5-23-16-24-26(35-22-10-13-36(2)14-11-22)6-3-7-27(24)37(23)19-29(31,32)33;1-3-2/h3,6-9,15-16,18,22,34-35,39H,10-14,17,19H2,1-2H3;3H,1-2H3. The molecular weight excluding hydrogens is 542 g/mol. The minimum absolute atomic E-state index is 0.0946. The molecule has 0 aliphatic carbocycles. The number of hydrogen-bond donors (Lipinski definition) is 4. The van der Waals surface area contributed by atoms with E-state index in [1.54, 1.807) is 36.4 Å². The third-order valence-corrected chi connectivity index (χ3v) is 6.76. The molecule has 4 N–H and O–H groups in total. The van der Waals surface area contributed by atoms with Crippen LogP contribution in [0.1, 0.15) is 41.4 Å². The summed E-state index contributed by atoms with van der Waals surface area (Å²) in [4.78, 5) is 13.4. The number of alkyl halides is 3. The van der Waals surface area contributed by atoms with E-state index in [1.165, 1.54) is 11.5 Å². The molecule has 0 spiro atoms. The zero-order chi connectivity index (χ0) is 30.9. The molecule has 0 saturated carbocycles. The van der Waals surface area contributed by atoms with E-state index in [0.29, 0.717) is 34.0 Å². The Hall–Kier alpha value is -3.46. The third kappa shape index (κ3) is 9.83. The number of likely N-dealkylation sites (tertiary alicyclic amines) is 1. The number of halogens is 3. The third-order valence-electron chi connectivity index (χ3n) is 6.76. The van der Waals surface area contributed by atoms with Gasteiger partial charge in [0.05, 0.1) is 17.8 Å². The first kappa shape index (κ1) is 33.1. The summed E-state index contributed by atoms with van der Waals surface area (Å²) in [5.41, 5.74) is 1.75. The van der Waals surface area contributed by atoms with Crippen LogP contribution in [0, 0.1) is 11.8 Å². The fraction of sp³-hybridized carbons (Fsp3) is 0.452. The largest absolute Gasteiger partial charge is 0.406 e. The molecule has 42 heavy (non-hydrogen) atoms. The van der Waals surface area contributed by atoms with Crippen molar-refractivity contribution >= 4 is 36.4 Å². The van der Waals surface area contributed by atoms with Gasteiger partial charge in [0.25, 0.3) is 0 Å². The van der Waals surface area contributed by atoms with Crippen LogP contribution in [0.3, 0.4) is 0 Å². The second-order valence-electron chi connectivity index (χ2n) is 10.9. The molecule has 1 fully saturated rings. The summed E-state index contributed by atoms with van der Waals surface area (Å²) in [5, 5.41) is 20.2. The minimum Gasteiger partial charge on any atom is -0.400 e. The van der Waals surface area contributed by atoms with E-state index in [4.69, 9.17) is 7.85 Å². The lowest BCUT2D eigenvalue weighted by atomic mass is 9.78. The maximum Gasteiger partial charge on any atom is 0.406 e. The number of fused-ring (bicyclic) bond motifs is 1. The van der Waals surface area contributed by atoms with Crippen LogP contribution < -0.4 is 16.0 Å². The molecule has 7 nitrogen and oxygen atoms in total. The highest BCUT2D eigenvalue weighted by molar-refractivity contribution is 6.14. The lowest BCUT2D eigenvalue weighted by Crippen LogP contribution is -2.36. The Balaban J connectivity index is 0.00000155. The molecule has 1 aliphatic heterocycles. The number of aldehydes is 1. The summed E-state index contributed by atoms with van der Waals surface area (Å²) < 4.78 is 41.8. The van der Waals surface area contributed by atoms with Crippen LogP contribution in [0.2, 0.25) is 0 Å². The zero-order valence-electron chi connectivity index (χ0n) is 24.6. The predicted molar refractivity (Wildman–Crippen MR) is 164 cm³/mol. The molecule has 0 amide bonds. The molecule has 1 unspecified atom stereocenters. The van der Waals surface area contributed by atoms with Crippen molar-refractivity contribution in [3.05, 3.63) is 59.3 Å². The summed E-state index contributed by atoms with van der Waals surface area (Å²) in [5.74, 6) is 5.83. The smallest absolute Gasteiger partial charge is 0.400 e. The molecule has 2 radical (unpaired) electrons. The Morgan fingerprint density at radius 2 is 1.81 bits per heavy atom. The lowest BCUT2D eigenvalue weighted by Gasteiger charge is -2.30. The van der Waals surface area contributed by atoms with Gasteiger partial charge in [-0.2, -0.15) is 13.2 Å². The highest BCUT2D eigenvalue weighted by Gasteiger charge is 2.30. The number of anilines is 2. The van der Waals surface area contributed by atoms with Crippen molar-refractivity contribution in [2.45, 2.75) is 50.4 Å². The van der Waals surface area contributed by atoms with Gasteiger partial charge in [0.1, 0.15) is 20.7 Å². The van der Waals surface area contributed by atoms with E-state index in [0.717, 1.165) is 31.6 Å². The van der Waals surface area contributed by atoms with Gasteiger partial charge < -0.3 is 30.5 Å². The molecule has 1 saturated heterocycles. The van der Waals surface area contributed by atoms with Crippen LogP contribution in [-0.4, -0.2) is 87.2 Å². The number of aromatic nitrogens is 1. The molecule has 2 heterocycles. The molecule has 3 aromatic rings. The molecule has 1 aliphatic rings. The first-order valence-electron chi connectivity index (χ1n) is 13.9. The molecule has 224 valence electrons. The maximum atomic E-state index is 13.5. The van der Waals surface area contributed by atoms with Crippen molar-refractivity contribution in [3.63, 3.8) is 0 Å². The number of carbonyl (C=O) groups is 1. The highest BCUT2D eigenvalue weighted by Crippen LogP contribution is 2.31. The van der Waals surface area contributed by atoms with Crippen molar-refractivity contribution in [2.24, 2.45) is 0 Å². The first-order chi connectivity index (χ1) is 19.8. The van der Waals surface area contributed by atoms with Gasteiger partial charge in [-0.05, 0) is 108 Å². The fourth-order valence-corrected chi connectivity index (χ4v) is 4.90. The second-order valence-corrected chi connectivity index (χ2v) is 10.9. The van der Waals surface area contributed by atoms with E-state index in [2.05, 4.69) is 39.7 Å². The Kier molecular flexibility index (Phi) is 11.5. The molecule has 1 aromatic heterocycles. The van der Waals surface area contributed by atoms with Crippen LogP contribution >= 0.6 is 0 Å². The topological polar surface area (TPSA) is 81.6 Å². The number of nitrogens with one attached hydrogen (secondary N) is 3. The van der Waals surface area contributed by atoms with Crippen LogP contribution in [0.15, 0.2) is 42.5 Å². The summed E-state index contributed by atoms with van der Waals surface area (Å²) in [6.07, 6.45) is -1.69. The molecule has 11 heteroatoms. The number of carbonyl (C=O) groups excluding carboxylic acids is 1. The summed E-state index contributed by atoms with van der Waals surface area (Å²) >= 11 is 0. The normalized spacial score (nSPS) is 15.6. The van der Waals surface area contributed by atoms with Gasteiger partial charge >= 0.3 is 6.18 Å². The number of piperidine rings is 1. The lowest BCUT2D eigenvalue weighted by molar-refractivity contribution is -0.140. The number of rotatable bonds is 8. The quantitative estimate of drug-likeness (QED) is 0.181. The number of benzene rings is 2. The number of nitrogens with zero attached hydrogens (tertiary/aromatic N) is 2. The van der Waals surface area contributed by atoms with Crippen LogP contribution in [0.5, 0.6) is 0 Å². The Bertz CT molecular complexity index is 1400. The van der Waals surface area contributed by atoms with Crippen LogP contribution in [-0.2, 0) is 13.0 Å². The number of hydrogen-bond acceptors (Lipinski definition) is 6. The van der Waals surface area contributed by atoms with E-state index in [-0.39, 0.29) is 24.7 Å².